The number of nitrogens with zero attached hydrogens (tertiary/aromatic N) is 3. The number of benzene rings is 2. The van der Waals surface area contributed by atoms with E-state index in [4.69, 9.17) is 0 Å². The molecule has 1 aromatic heterocycles. The van der Waals surface area contributed by atoms with Crippen LogP contribution in [0.3, 0.4) is 0 Å². The predicted molar refractivity (Wildman–Crippen MR) is 105 cm³/mol. The van der Waals surface area contributed by atoms with Crippen LogP contribution in [0.25, 0.3) is 0 Å². The highest BCUT2D eigenvalue weighted by atomic mass is 32.1. The number of rotatable bonds is 3. The van der Waals surface area contributed by atoms with Gasteiger partial charge in [0.05, 0.1) is 11.4 Å². The molecule has 1 aliphatic rings. The molecule has 1 N–H and O–H groups in total. The van der Waals surface area contributed by atoms with E-state index in [1.807, 2.05) is 59.5 Å². The Balaban J connectivity index is 1.37. The maximum absolute atomic E-state index is 12.5. The quantitative estimate of drug-likeness (QED) is 0.592. The molecule has 1 aliphatic heterocycles. The normalized spacial score (nSPS) is 13.6. The topological polar surface area (TPSA) is 57.1 Å². The summed E-state index contributed by atoms with van der Waals surface area (Å²) in [4.78, 5) is 15.7. The van der Waals surface area contributed by atoms with Gasteiger partial charge in [0.15, 0.2) is 0 Å². The average molecular weight is 362 g/mol. The van der Waals surface area contributed by atoms with Crippen LogP contribution in [-0.4, -0.2) is 17.5 Å². The fourth-order valence-corrected chi connectivity index (χ4v) is 3.74. The summed E-state index contributed by atoms with van der Waals surface area (Å²) in [5, 5.41) is 13.4. The van der Waals surface area contributed by atoms with Gasteiger partial charge in [-0.2, -0.15) is 10.2 Å². The molecule has 4 rings (SSSR count). The van der Waals surface area contributed by atoms with Crippen molar-refractivity contribution in [2.75, 3.05) is 11.9 Å². The summed E-state index contributed by atoms with van der Waals surface area (Å²) in [6, 6.07) is 19.0. The van der Waals surface area contributed by atoms with Crippen LogP contribution in [0.2, 0.25) is 0 Å². The number of hydrogen-bond donors (Lipinski definition) is 1. The van der Waals surface area contributed by atoms with E-state index in [1.165, 1.54) is 10.4 Å². The van der Waals surface area contributed by atoms with Crippen LogP contribution in [-0.2, 0) is 13.0 Å². The van der Waals surface area contributed by atoms with Gasteiger partial charge in [0, 0.05) is 23.7 Å². The first kappa shape index (κ1) is 16.5. The fraction of sp³-hybridized carbons (Fsp3) is 0.150. The number of hydrogen-bond acceptors (Lipinski definition) is 4. The van der Waals surface area contributed by atoms with Gasteiger partial charge in [-0.05, 0) is 59.8 Å². The van der Waals surface area contributed by atoms with Gasteiger partial charge < -0.3 is 10.2 Å². The molecule has 0 bridgehead atoms. The van der Waals surface area contributed by atoms with Crippen molar-refractivity contribution in [3.05, 3.63) is 76.5 Å². The fourth-order valence-electron chi connectivity index (χ4n) is 2.85. The lowest BCUT2D eigenvalue weighted by molar-refractivity contribution is 0.207. The monoisotopic (exact) mass is 362 g/mol. The zero-order valence-electron chi connectivity index (χ0n) is 14.1. The van der Waals surface area contributed by atoms with Gasteiger partial charge >= 0.3 is 6.03 Å². The number of thiophene rings is 1. The van der Waals surface area contributed by atoms with Gasteiger partial charge in [0.2, 0.25) is 0 Å². The first-order chi connectivity index (χ1) is 12.8. The second-order valence-electron chi connectivity index (χ2n) is 6.05. The molecule has 26 heavy (non-hydrogen) atoms. The Labute approximate surface area is 156 Å². The van der Waals surface area contributed by atoms with Gasteiger partial charge in [0.25, 0.3) is 0 Å². The molecule has 5 nitrogen and oxygen atoms in total. The lowest BCUT2D eigenvalue weighted by atomic mass is 10.1. The van der Waals surface area contributed by atoms with E-state index >= 15 is 0 Å². The first-order valence-electron chi connectivity index (χ1n) is 8.46. The lowest BCUT2D eigenvalue weighted by Crippen LogP contribution is -2.38. The number of amides is 2. The van der Waals surface area contributed by atoms with Gasteiger partial charge in [0.1, 0.15) is 0 Å². The summed E-state index contributed by atoms with van der Waals surface area (Å²) in [6.07, 6.45) is 0.930. The third-order valence-electron chi connectivity index (χ3n) is 4.25. The summed E-state index contributed by atoms with van der Waals surface area (Å²) in [5.74, 6) is 0. The summed E-state index contributed by atoms with van der Waals surface area (Å²) < 4.78 is 0. The number of urea groups is 1. The van der Waals surface area contributed by atoms with Crippen molar-refractivity contribution in [3.63, 3.8) is 0 Å². The predicted octanol–water partition coefficient (Wildman–Crippen LogP) is 5.75. The van der Waals surface area contributed by atoms with Gasteiger partial charge in [-0.15, -0.1) is 11.3 Å². The van der Waals surface area contributed by atoms with Crippen molar-refractivity contribution in [1.82, 2.24) is 4.90 Å². The number of fused-ring (bicyclic) bond motifs is 1. The molecule has 0 aliphatic carbocycles. The molecule has 0 saturated heterocycles. The Hall–Kier alpha value is -2.99. The van der Waals surface area contributed by atoms with Crippen LogP contribution in [0, 0.1) is 0 Å². The van der Waals surface area contributed by atoms with Gasteiger partial charge in [-0.3, -0.25) is 0 Å². The van der Waals surface area contributed by atoms with E-state index in [1.54, 1.807) is 11.3 Å². The van der Waals surface area contributed by atoms with Crippen LogP contribution in [0.4, 0.5) is 21.9 Å². The average Bonchev–Trinajstić information content (AvgIpc) is 3.16. The molecule has 130 valence electrons. The van der Waals surface area contributed by atoms with E-state index in [2.05, 4.69) is 27.0 Å². The number of anilines is 1. The second kappa shape index (κ2) is 7.49. The standard InChI is InChI=1S/C20H18N4OS/c25-20(24-12-10-19-15(14-24)11-13-26-19)21-16-6-8-18(9-7-16)23-22-17-4-2-1-3-5-17/h1-9,11,13H,10,12,14H2,(H,21,25). The van der Waals surface area contributed by atoms with Crippen molar-refractivity contribution in [3.8, 4) is 0 Å². The number of carbonyl (C=O) groups is 1. The minimum absolute atomic E-state index is 0.0690. The highest BCUT2D eigenvalue weighted by molar-refractivity contribution is 7.10. The van der Waals surface area contributed by atoms with Crippen LogP contribution >= 0.6 is 11.3 Å². The smallest absolute Gasteiger partial charge is 0.320 e. The Morgan fingerprint density at radius 2 is 1.69 bits per heavy atom. The molecule has 0 unspecified atom stereocenters. The van der Waals surface area contributed by atoms with E-state index in [-0.39, 0.29) is 6.03 Å². The summed E-state index contributed by atoms with van der Waals surface area (Å²) in [5.41, 5.74) is 3.56. The van der Waals surface area contributed by atoms with Crippen LogP contribution < -0.4 is 5.32 Å². The molecule has 0 spiro atoms. The van der Waals surface area contributed by atoms with E-state index in [0.717, 1.165) is 30.0 Å². The summed E-state index contributed by atoms with van der Waals surface area (Å²) in [7, 11) is 0. The van der Waals surface area contributed by atoms with Crippen molar-refractivity contribution in [2.24, 2.45) is 10.2 Å². The third kappa shape index (κ3) is 3.81. The molecule has 0 radical (unpaired) electrons. The molecule has 0 saturated carbocycles. The summed E-state index contributed by atoms with van der Waals surface area (Å²) >= 11 is 1.77. The minimum atomic E-state index is -0.0690. The van der Waals surface area contributed by atoms with Gasteiger partial charge in [-0.25, -0.2) is 4.79 Å². The highest BCUT2D eigenvalue weighted by Gasteiger charge is 2.21. The second-order valence-corrected chi connectivity index (χ2v) is 7.05. The van der Waals surface area contributed by atoms with Gasteiger partial charge in [-0.1, -0.05) is 18.2 Å². The van der Waals surface area contributed by atoms with E-state index < -0.39 is 0 Å². The Morgan fingerprint density at radius 3 is 2.46 bits per heavy atom. The molecule has 0 atom stereocenters. The number of nitrogens with one attached hydrogen (secondary N) is 1. The zero-order valence-corrected chi connectivity index (χ0v) is 14.9. The highest BCUT2D eigenvalue weighted by Crippen LogP contribution is 2.25. The number of azo groups is 1. The van der Waals surface area contributed by atoms with Crippen LogP contribution in [0.15, 0.2) is 76.3 Å². The Bertz CT molecular complexity index is 918. The molecule has 0 fully saturated rings. The molecule has 6 heteroatoms. The molecule has 3 aromatic rings. The zero-order chi connectivity index (χ0) is 17.8. The Morgan fingerprint density at radius 1 is 0.962 bits per heavy atom. The third-order valence-corrected chi connectivity index (χ3v) is 5.27. The maximum Gasteiger partial charge on any atom is 0.322 e. The lowest BCUT2D eigenvalue weighted by Gasteiger charge is -2.27. The largest absolute Gasteiger partial charge is 0.322 e. The van der Waals surface area contributed by atoms with Crippen molar-refractivity contribution >= 4 is 34.4 Å². The molecular weight excluding hydrogens is 344 g/mol. The van der Waals surface area contributed by atoms with Crippen LogP contribution in [0.1, 0.15) is 10.4 Å². The van der Waals surface area contributed by atoms with Crippen LogP contribution in [0.5, 0.6) is 0 Å². The minimum Gasteiger partial charge on any atom is -0.320 e. The molecule has 2 aromatic carbocycles. The Kier molecular flexibility index (Phi) is 4.75. The first-order valence-corrected chi connectivity index (χ1v) is 9.34. The van der Waals surface area contributed by atoms with Crippen molar-refractivity contribution < 1.29 is 4.79 Å². The van der Waals surface area contributed by atoms with Crippen molar-refractivity contribution in [2.45, 2.75) is 13.0 Å². The van der Waals surface area contributed by atoms with E-state index in [9.17, 15) is 4.79 Å². The molecule has 2 amide bonds. The number of carbonyl (C=O) groups excluding carboxylic acids is 1. The van der Waals surface area contributed by atoms with Crippen molar-refractivity contribution in [1.29, 1.82) is 0 Å². The summed E-state index contributed by atoms with van der Waals surface area (Å²) in [6.45, 7) is 1.43. The van der Waals surface area contributed by atoms with E-state index in [0.29, 0.717) is 6.54 Å². The molecule has 2 heterocycles. The SMILES string of the molecule is O=C(Nc1ccc(N=Nc2ccccc2)cc1)N1CCc2sccc2C1. The maximum atomic E-state index is 12.5. The molecular formula is C20H18N4OS.